The van der Waals surface area contributed by atoms with Gasteiger partial charge in [-0.15, -0.1) is 0 Å². The summed E-state index contributed by atoms with van der Waals surface area (Å²) in [6.45, 7) is 2.05. The lowest BCUT2D eigenvalue weighted by Gasteiger charge is -2.08. The monoisotopic (exact) mass is 386 g/mol. The van der Waals surface area contributed by atoms with Gasteiger partial charge in [0.1, 0.15) is 4.47 Å². The van der Waals surface area contributed by atoms with E-state index in [-0.39, 0.29) is 29.2 Å². The van der Waals surface area contributed by atoms with E-state index in [1.165, 1.54) is 10.9 Å². The Kier molecular flexibility index (Phi) is 5.15. The van der Waals surface area contributed by atoms with Crippen molar-refractivity contribution in [3.8, 4) is 0 Å². The Labute approximate surface area is 139 Å². The molecular formula is C13H12BrClN4O3. The molecule has 0 aliphatic carbocycles. The van der Waals surface area contributed by atoms with Gasteiger partial charge in [0, 0.05) is 17.1 Å². The number of nitrogens with zero attached hydrogens (tertiary/aromatic N) is 3. The summed E-state index contributed by atoms with van der Waals surface area (Å²) in [6, 6.07) is 5.25. The van der Waals surface area contributed by atoms with Crippen molar-refractivity contribution in [1.29, 1.82) is 0 Å². The molecule has 1 heterocycles. The summed E-state index contributed by atoms with van der Waals surface area (Å²) in [4.78, 5) is 22.0. The average Bonchev–Trinajstić information content (AvgIpc) is 2.83. The lowest BCUT2D eigenvalue weighted by atomic mass is 10.2. The Hall–Kier alpha value is -1.93. The number of carbonyl (C=O) groups excluding carboxylic acids is 1. The molecule has 7 nitrogen and oxygen atoms in total. The minimum atomic E-state index is -0.587. The molecule has 1 aromatic heterocycles. The number of nitrogens with one attached hydrogen (secondary N) is 1. The van der Waals surface area contributed by atoms with E-state index in [2.05, 4.69) is 26.3 Å². The maximum Gasteiger partial charge on any atom is 0.404 e. The first-order chi connectivity index (χ1) is 10.4. The molecule has 2 aromatic rings. The van der Waals surface area contributed by atoms with Crippen molar-refractivity contribution in [3.05, 3.63) is 49.6 Å². The maximum absolute atomic E-state index is 11.9. The molecule has 0 saturated heterocycles. The number of benzene rings is 1. The molecule has 1 amide bonds. The molecule has 0 saturated carbocycles. The van der Waals surface area contributed by atoms with Gasteiger partial charge in [-0.3, -0.25) is 4.79 Å². The van der Waals surface area contributed by atoms with Gasteiger partial charge in [0.15, 0.2) is 0 Å². The fraction of sp³-hybridized carbons (Fsp3) is 0.231. The van der Waals surface area contributed by atoms with Crippen LogP contribution < -0.4 is 5.32 Å². The van der Waals surface area contributed by atoms with Crippen molar-refractivity contribution in [2.45, 2.75) is 19.9 Å². The molecule has 0 spiro atoms. The summed E-state index contributed by atoms with van der Waals surface area (Å²) in [5.74, 6) is -0.495. The summed E-state index contributed by atoms with van der Waals surface area (Å²) in [5.41, 5.74) is 1.43. The average molecular weight is 388 g/mol. The number of carbonyl (C=O) groups is 1. The largest absolute Gasteiger partial charge is 0.404 e. The van der Waals surface area contributed by atoms with Crippen molar-refractivity contribution in [3.63, 3.8) is 0 Å². The molecule has 9 heteroatoms. The molecule has 0 bridgehead atoms. The molecule has 0 radical (unpaired) electrons. The predicted molar refractivity (Wildman–Crippen MR) is 86.0 cm³/mol. The molecule has 1 N–H and O–H groups in total. The number of anilines is 1. The van der Waals surface area contributed by atoms with E-state index < -0.39 is 4.92 Å². The third-order valence-electron chi connectivity index (χ3n) is 2.98. The molecule has 1 aromatic carbocycles. The standard InChI is InChI=1S/C13H12BrClN4O3/c1-8-10(15)3-2-4-11(8)16-12(20)5-6-18-7-9(14)13(17-18)19(21)22/h2-4,7H,5-6H2,1H3,(H,16,20). The molecule has 116 valence electrons. The van der Waals surface area contributed by atoms with Gasteiger partial charge in [0.05, 0.1) is 17.8 Å². The molecular weight excluding hydrogens is 376 g/mol. The first-order valence-corrected chi connectivity index (χ1v) is 7.48. The third-order valence-corrected chi connectivity index (χ3v) is 3.95. The number of aromatic nitrogens is 2. The molecule has 0 atom stereocenters. The second kappa shape index (κ2) is 6.89. The first-order valence-electron chi connectivity index (χ1n) is 6.31. The second-order valence-electron chi connectivity index (χ2n) is 4.53. The normalized spacial score (nSPS) is 10.5. The zero-order valence-electron chi connectivity index (χ0n) is 11.5. The highest BCUT2D eigenvalue weighted by atomic mass is 79.9. The number of hydrogen-bond acceptors (Lipinski definition) is 4. The molecule has 2 rings (SSSR count). The van der Waals surface area contributed by atoms with Crippen LogP contribution in [0.4, 0.5) is 11.5 Å². The first kappa shape index (κ1) is 16.4. The fourth-order valence-electron chi connectivity index (χ4n) is 1.80. The van der Waals surface area contributed by atoms with Crippen molar-refractivity contribution in [1.82, 2.24) is 9.78 Å². The number of hydrogen-bond donors (Lipinski definition) is 1. The summed E-state index contributed by atoms with van der Waals surface area (Å²) in [6.07, 6.45) is 1.60. The summed E-state index contributed by atoms with van der Waals surface area (Å²) < 4.78 is 1.63. The van der Waals surface area contributed by atoms with Crippen LogP contribution in [-0.4, -0.2) is 20.6 Å². The van der Waals surface area contributed by atoms with Gasteiger partial charge in [-0.2, -0.15) is 4.68 Å². The highest BCUT2D eigenvalue weighted by Crippen LogP contribution is 2.24. The van der Waals surface area contributed by atoms with Gasteiger partial charge in [0.25, 0.3) is 0 Å². The highest BCUT2D eigenvalue weighted by Gasteiger charge is 2.18. The van der Waals surface area contributed by atoms with Crippen molar-refractivity contribution < 1.29 is 9.72 Å². The molecule has 0 fully saturated rings. The molecule has 0 unspecified atom stereocenters. The van der Waals surface area contributed by atoms with Crippen LogP contribution in [0.2, 0.25) is 5.02 Å². The SMILES string of the molecule is Cc1c(Cl)cccc1NC(=O)CCn1cc(Br)c([N+](=O)[O-])n1. The zero-order valence-corrected chi connectivity index (χ0v) is 13.9. The van der Waals surface area contributed by atoms with Gasteiger partial charge in [0.2, 0.25) is 5.91 Å². The van der Waals surface area contributed by atoms with Gasteiger partial charge in [-0.1, -0.05) is 17.7 Å². The summed E-state index contributed by atoms with van der Waals surface area (Å²) in [5, 5.41) is 17.8. The van der Waals surface area contributed by atoms with E-state index >= 15 is 0 Å². The van der Waals surface area contributed by atoms with Crippen LogP contribution in [-0.2, 0) is 11.3 Å². The van der Waals surface area contributed by atoms with Gasteiger partial charge in [-0.25, -0.2) is 0 Å². The smallest absolute Gasteiger partial charge is 0.358 e. The number of aryl methyl sites for hydroxylation is 1. The van der Waals surface area contributed by atoms with Crippen molar-refractivity contribution >= 4 is 44.9 Å². The molecule has 0 aliphatic rings. The Morgan fingerprint density at radius 3 is 2.91 bits per heavy atom. The van der Waals surface area contributed by atoms with Crippen LogP contribution in [0.1, 0.15) is 12.0 Å². The van der Waals surface area contributed by atoms with E-state index in [1.807, 2.05) is 6.92 Å². The van der Waals surface area contributed by atoms with E-state index in [9.17, 15) is 14.9 Å². The number of amides is 1. The minimum absolute atomic E-state index is 0.136. The predicted octanol–water partition coefficient (Wildman–Crippen LogP) is 3.54. The fourth-order valence-corrected chi connectivity index (χ4v) is 2.43. The Morgan fingerprint density at radius 2 is 2.27 bits per heavy atom. The lowest BCUT2D eigenvalue weighted by molar-refractivity contribution is -0.390. The number of nitro groups is 1. The number of halogens is 2. The molecule has 22 heavy (non-hydrogen) atoms. The van der Waals surface area contributed by atoms with Gasteiger partial charge >= 0.3 is 5.82 Å². The third kappa shape index (κ3) is 3.83. The lowest BCUT2D eigenvalue weighted by Crippen LogP contribution is -2.15. The van der Waals surface area contributed by atoms with Crippen LogP contribution in [0.15, 0.2) is 28.9 Å². The van der Waals surface area contributed by atoms with Crippen LogP contribution >= 0.6 is 27.5 Å². The Bertz CT molecular complexity index is 732. The van der Waals surface area contributed by atoms with Gasteiger partial charge in [-0.05, 0) is 45.5 Å². The Morgan fingerprint density at radius 1 is 1.55 bits per heavy atom. The summed E-state index contributed by atoms with van der Waals surface area (Å²) >= 11 is 9.04. The minimum Gasteiger partial charge on any atom is -0.358 e. The van der Waals surface area contributed by atoms with E-state index in [4.69, 9.17) is 11.6 Å². The molecule has 0 aliphatic heterocycles. The van der Waals surface area contributed by atoms with Crippen LogP contribution in [0.25, 0.3) is 0 Å². The van der Waals surface area contributed by atoms with Crippen molar-refractivity contribution in [2.24, 2.45) is 0 Å². The van der Waals surface area contributed by atoms with Crippen LogP contribution in [0, 0.1) is 17.0 Å². The zero-order chi connectivity index (χ0) is 16.3. The van der Waals surface area contributed by atoms with E-state index in [0.29, 0.717) is 10.7 Å². The van der Waals surface area contributed by atoms with E-state index in [0.717, 1.165) is 5.56 Å². The topological polar surface area (TPSA) is 90.1 Å². The summed E-state index contributed by atoms with van der Waals surface area (Å²) in [7, 11) is 0. The quantitative estimate of drug-likeness (QED) is 0.627. The highest BCUT2D eigenvalue weighted by molar-refractivity contribution is 9.10. The maximum atomic E-state index is 11.9. The second-order valence-corrected chi connectivity index (χ2v) is 5.79. The Balaban J connectivity index is 1.97. The number of rotatable bonds is 5. The van der Waals surface area contributed by atoms with Crippen molar-refractivity contribution in [2.75, 3.05) is 5.32 Å². The van der Waals surface area contributed by atoms with E-state index in [1.54, 1.807) is 18.2 Å². The van der Waals surface area contributed by atoms with Crippen LogP contribution in [0.3, 0.4) is 0 Å². The van der Waals surface area contributed by atoms with Gasteiger partial charge < -0.3 is 15.4 Å². The van der Waals surface area contributed by atoms with Crippen LogP contribution in [0.5, 0.6) is 0 Å².